The molecule has 1 amide bonds. The second-order valence-corrected chi connectivity index (χ2v) is 8.99. The van der Waals surface area contributed by atoms with Gasteiger partial charge in [-0.15, -0.1) is 0 Å². The van der Waals surface area contributed by atoms with Crippen molar-refractivity contribution in [1.82, 2.24) is 19.2 Å². The Morgan fingerprint density at radius 2 is 2.27 bits per heavy atom. The molecular weight excluding hydrogens is 353 g/mol. The topological polar surface area (TPSA) is 71.0 Å². The summed E-state index contributed by atoms with van der Waals surface area (Å²) in [6, 6.07) is 2.76. The fourth-order valence-electron chi connectivity index (χ4n) is 3.71. The third-order valence-corrected chi connectivity index (χ3v) is 5.98. The Balaban J connectivity index is 1.50. The van der Waals surface area contributed by atoms with Crippen molar-refractivity contribution in [3.63, 3.8) is 0 Å². The number of likely N-dealkylation sites (tertiary alicyclic amines) is 1. The summed E-state index contributed by atoms with van der Waals surface area (Å²) in [5.41, 5.74) is 0.117. The molecule has 2 atom stereocenters. The molecule has 4 rings (SSSR count). The number of pyridine rings is 1. The van der Waals surface area contributed by atoms with Crippen molar-refractivity contribution >= 4 is 22.6 Å². The maximum Gasteiger partial charge on any atom is 0.254 e. The van der Waals surface area contributed by atoms with Gasteiger partial charge in [-0.1, -0.05) is 20.8 Å². The predicted octanol–water partition coefficient (Wildman–Crippen LogP) is 3.09. The summed E-state index contributed by atoms with van der Waals surface area (Å²) in [4.78, 5) is 22.7. The van der Waals surface area contributed by atoms with E-state index < -0.39 is 5.95 Å². The molecule has 1 aliphatic carbocycles. The van der Waals surface area contributed by atoms with Crippen molar-refractivity contribution in [1.29, 1.82) is 0 Å². The number of nitrogens with zero attached hydrogens (tertiary/aromatic N) is 4. The highest BCUT2D eigenvalue weighted by molar-refractivity contribution is 7.09. The Bertz CT molecular complexity index is 848. The number of halogens is 1. The van der Waals surface area contributed by atoms with Crippen LogP contribution in [0.5, 0.6) is 0 Å². The molecule has 2 aromatic heterocycles. The van der Waals surface area contributed by atoms with E-state index >= 15 is 0 Å². The van der Waals surface area contributed by atoms with Crippen LogP contribution in [0.25, 0.3) is 0 Å². The maximum absolute atomic E-state index is 13.3. The molecule has 138 valence electrons. The third kappa shape index (κ3) is 2.96. The molecule has 2 aliphatic rings. The maximum atomic E-state index is 13.3. The van der Waals surface area contributed by atoms with E-state index in [1.54, 1.807) is 6.07 Å². The van der Waals surface area contributed by atoms with Crippen molar-refractivity contribution in [2.45, 2.75) is 44.6 Å². The van der Waals surface area contributed by atoms with Crippen LogP contribution in [-0.4, -0.2) is 43.8 Å². The van der Waals surface area contributed by atoms with Crippen molar-refractivity contribution in [3.05, 3.63) is 35.7 Å². The molecule has 0 spiro atoms. The van der Waals surface area contributed by atoms with Crippen LogP contribution < -0.4 is 5.32 Å². The van der Waals surface area contributed by atoms with Crippen LogP contribution in [-0.2, 0) is 5.41 Å². The van der Waals surface area contributed by atoms with Gasteiger partial charge in [0.1, 0.15) is 5.82 Å². The Hall–Kier alpha value is -2.09. The van der Waals surface area contributed by atoms with Gasteiger partial charge in [-0.3, -0.25) is 4.79 Å². The monoisotopic (exact) mass is 375 g/mol. The average molecular weight is 375 g/mol. The summed E-state index contributed by atoms with van der Waals surface area (Å²) in [6.07, 6.45) is 3.40. The van der Waals surface area contributed by atoms with Crippen LogP contribution >= 0.6 is 11.5 Å². The molecule has 26 heavy (non-hydrogen) atoms. The molecule has 2 unspecified atom stereocenters. The van der Waals surface area contributed by atoms with Crippen LogP contribution in [0.4, 0.5) is 9.52 Å². The summed E-state index contributed by atoms with van der Waals surface area (Å²) in [5.74, 6) is 0.444. The zero-order valence-corrected chi connectivity index (χ0v) is 15.9. The lowest BCUT2D eigenvalue weighted by Crippen LogP contribution is -2.53. The van der Waals surface area contributed by atoms with E-state index in [1.807, 2.05) is 4.90 Å². The van der Waals surface area contributed by atoms with E-state index in [-0.39, 0.29) is 16.9 Å². The van der Waals surface area contributed by atoms with Gasteiger partial charge in [0, 0.05) is 53.8 Å². The standard InChI is InChI=1S/C18H22FN5OS/c1-17(2,3)15-21-16(26-23-15)22-18-6-4-12(18)9-24(10-18)14(25)11-5-7-20-13(19)8-11/h5,7-8,12H,4,6,9-10H2,1-3H3,(H,21,22,23). The molecule has 8 heteroatoms. The number of amides is 1. The average Bonchev–Trinajstić information content (AvgIpc) is 3.13. The Labute approximate surface area is 156 Å². The second kappa shape index (κ2) is 5.97. The highest BCUT2D eigenvalue weighted by Crippen LogP contribution is 2.47. The highest BCUT2D eigenvalue weighted by Gasteiger charge is 2.54. The number of rotatable bonds is 3. The first-order chi connectivity index (χ1) is 12.3. The summed E-state index contributed by atoms with van der Waals surface area (Å²) >= 11 is 1.37. The van der Waals surface area contributed by atoms with Gasteiger partial charge in [-0.25, -0.2) is 9.97 Å². The smallest absolute Gasteiger partial charge is 0.254 e. The van der Waals surface area contributed by atoms with Crippen LogP contribution in [0.3, 0.4) is 0 Å². The number of nitrogens with one attached hydrogen (secondary N) is 1. The van der Waals surface area contributed by atoms with E-state index in [2.05, 4.69) is 40.4 Å². The van der Waals surface area contributed by atoms with Crippen LogP contribution in [0.2, 0.25) is 0 Å². The number of hydrogen-bond donors (Lipinski definition) is 1. The number of hydrogen-bond acceptors (Lipinski definition) is 6. The zero-order valence-electron chi connectivity index (χ0n) is 15.1. The number of anilines is 1. The lowest BCUT2D eigenvalue weighted by Gasteiger charge is -2.44. The normalized spacial score (nSPS) is 24.9. The van der Waals surface area contributed by atoms with Crippen molar-refractivity contribution < 1.29 is 9.18 Å². The molecular formula is C18H22FN5OS. The first-order valence-corrected chi connectivity index (χ1v) is 9.57. The second-order valence-electron chi connectivity index (χ2n) is 8.24. The third-order valence-electron chi connectivity index (χ3n) is 5.35. The minimum absolute atomic E-state index is 0.0871. The first kappa shape index (κ1) is 17.3. The van der Waals surface area contributed by atoms with Crippen molar-refractivity contribution in [3.8, 4) is 0 Å². The lowest BCUT2D eigenvalue weighted by atomic mass is 9.69. The molecule has 2 fully saturated rings. The summed E-state index contributed by atoms with van der Waals surface area (Å²) in [6.45, 7) is 7.55. The Morgan fingerprint density at radius 1 is 1.46 bits per heavy atom. The van der Waals surface area contributed by atoms with Gasteiger partial charge in [0.25, 0.3) is 5.91 Å². The van der Waals surface area contributed by atoms with Gasteiger partial charge in [0.15, 0.2) is 0 Å². The largest absolute Gasteiger partial charge is 0.353 e. The van der Waals surface area contributed by atoms with Crippen LogP contribution in [0.15, 0.2) is 18.3 Å². The van der Waals surface area contributed by atoms with E-state index in [1.165, 1.54) is 23.8 Å². The molecule has 1 saturated heterocycles. The lowest BCUT2D eigenvalue weighted by molar-refractivity contribution is 0.0785. The molecule has 3 heterocycles. The van der Waals surface area contributed by atoms with Crippen LogP contribution in [0.1, 0.15) is 49.8 Å². The summed E-state index contributed by atoms with van der Waals surface area (Å²) in [5, 5.41) is 4.37. The van der Waals surface area contributed by atoms with Crippen LogP contribution in [0, 0.1) is 11.9 Å². The first-order valence-electron chi connectivity index (χ1n) is 8.80. The summed E-state index contributed by atoms with van der Waals surface area (Å²) < 4.78 is 17.8. The van der Waals surface area contributed by atoms with Crippen molar-refractivity contribution in [2.75, 3.05) is 18.4 Å². The highest BCUT2D eigenvalue weighted by atomic mass is 32.1. The molecule has 1 aliphatic heterocycles. The van der Waals surface area contributed by atoms with Gasteiger partial charge in [0.05, 0.1) is 5.54 Å². The quantitative estimate of drug-likeness (QED) is 0.835. The predicted molar refractivity (Wildman–Crippen MR) is 97.8 cm³/mol. The molecule has 0 aromatic carbocycles. The summed E-state index contributed by atoms with van der Waals surface area (Å²) in [7, 11) is 0. The molecule has 0 radical (unpaired) electrons. The van der Waals surface area contributed by atoms with E-state index in [0.29, 0.717) is 24.6 Å². The SMILES string of the molecule is CC(C)(C)c1nsc(NC23CCC2CN(C(=O)c2ccnc(F)c2)C3)n1. The molecule has 6 nitrogen and oxygen atoms in total. The number of carbonyl (C=O) groups is 1. The molecule has 2 aromatic rings. The molecule has 1 saturated carbocycles. The van der Waals surface area contributed by atoms with Gasteiger partial charge in [-0.2, -0.15) is 8.76 Å². The van der Waals surface area contributed by atoms with Crippen molar-refractivity contribution in [2.24, 2.45) is 5.92 Å². The van der Waals surface area contributed by atoms with Gasteiger partial charge < -0.3 is 10.2 Å². The fourth-order valence-corrected chi connectivity index (χ4v) is 4.57. The Kier molecular flexibility index (Phi) is 3.98. The fraction of sp³-hybridized carbons (Fsp3) is 0.556. The van der Waals surface area contributed by atoms with Gasteiger partial charge in [-0.05, 0) is 18.9 Å². The minimum Gasteiger partial charge on any atom is -0.353 e. The number of carbonyl (C=O) groups excluding carboxylic acids is 1. The van der Waals surface area contributed by atoms with E-state index in [9.17, 15) is 9.18 Å². The zero-order chi connectivity index (χ0) is 18.5. The van der Waals surface area contributed by atoms with Gasteiger partial charge >= 0.3 is 0 Å². The number of fused-ring (bicyclic) bond motifs is 1. The van der Waals surface area contributed by atoms with Gasteiger partial charge in [0.2, 0.25) is 11.1 Å². The number of aromatic nitrogens is 3. The Morgan fingerprint density at radius 3 is 2.88 bits per heavy atom. The van der Waals surface area contributed by atoms with E-state index in [0.717, 1.165) is 23.8 Å². The minimum atomic E-state index is -0.630. The van der Waals surface area contributed by atoms with E-state index in [4.69, 9.17) is 0 Å². The molecule has 1 N–H and O–H groups in total. The molecule has 0 bridgehead atoms.